The Morgan fingerprint density at radius 2 is 2.20 bits per heavy atom. The Morgan fingerprint density at radius 1 is 1.47 bits per heavy atom. The lowest BCUT2D eigenvalue weighted by atomic mass is 9.96. The van der Waals surface area contributed by atoms with Crippen molar-refractivity contribution < 1.29 is 0 Å². The van der Waals surface area contributed by atoms with Gasteiger partial charge in [0, 0.05) is 13.2 Å². The molecule has 0 aromatic carbocycles. The molecular formula is C12H23N3. The molecule has 0 aliphatic carbocycles. The molecule has 1 rings (SSSR count). The first-order chi connectivity index (χ1) is 7.19. The molecule has 1 aromatic rings. The van der Waals surface area contributed by atoms with Crippen LogP contribution in [0.2, 0.25) is 0 Å². The molecular weight excluding hydrogens is 186 g/mol. The van der Waals surface area contributed by atoms with Crippen molar-refractivity contribution >= 4 is 0 Å². The van der Waals surface area contributed by atoms with Gasteiger partial charge in [-0.1, -0.05) is 27.2 Å². The number of aromatic nitrogens is 2. The zero-order valence-corrected chi connectivity index (χ0v) is 10.3. The van der Waals surface area contributed by atoms with E-state index < -0.39 is 0 Å². The molecule has 86 valence electrons. The highest BCUT2D eigenvalue weighted by Gasteiger charge is 2.18. The van der Waals surface area contributed by atoms with Crippen LogP contribution >= 0.6 is 0 Å². The Hall–Kier alpha value is -0.830. The fraction of sp³-hybridized carbons (Fsp3) is 0.750. The van der Waals surface area contributed by atoms with Gasteiger partial charge in [-0.2, -0.15) is 5.10 Å². The number of hydrogen-bond acceptors (Lipinski definition) is 2. The first-order valence-electron chi connectivity index (χ1n) is 5.92. The normalized spacial score (nSPS) is 15.2. The first kappa shape index (κ1) is 12.2. The maximum Gasteiger partial charge on any atom is 0.0796 e. The fourth-order valence-corrected chi connectivity index (χ4v) is 1.73. The van der Waals surface area contributed by atoms with Gasteiger partial charge in [-0.3, -0.25) is 4.68 Å². The molecule has 0 saturated heterocycles. The lowest BCUT2D eigenvalue weighted by molar-refractivity contribution is 0.367. The molecule has 1 N–H and O–H groups in total. The molecule has 0 spiro atoms. The summed E-state index contributed by atoms with van der Waals surface area (Å²) in [6, 6.07) is 2.51. The van der Waals surface area contributed by atoms with Crippen molar-refractivity contribution in [3.63, 3.8) is 0 Å². The Balaban J connectivity index is 2.71. The average molecular weight is 209 g/mol. The Kier molecular flexibility index (Phi) is 4.82. The van der Waals surface area contributed by atoms with Gasteiger partial charge in [-0.05, 0) is 24.9 Å². The topological polar surface area (TPSA) is 29.9 Å². The largest absolute Gasteiger partial charge is 0.308 e. The van der Waals surface area contributed by atoms with Gasteiger partial charge >= 0.3 is 0 Å². The van der Waals surface area contributed by atoms with E-state index in [-0.39, 0.29) is 0 Å². The molecule has 0 bridgehead atoms. The van der Waals surface area contributed by atoms with Crippen molar-refractivity contribution in [1.82, 2.24) is 15.1 Å². The molecule has 0 amide bonds. The number of nitrogens with one attached hydrogen (secondary N) is 1. The lowest BCUT2D eigenvalue weighted by Gasteiger charge is -2.22. The van der Waals surface area contributed by atoms with E-state index in [1.54, 1.807) is 0 Å². The first-order valence-corrected chi connectivity index (χ1v) is 5.92. The van der Waals surface area contributed by atoms with Crippen LogP contribution in [0.15, 0.2) is 12.3 Å². The smallest absolute Gasteiger partial charge is 0.0796 e. The minimum atomic E-state index is 0.399. The molecule has 3 heteroatoms. The predicted octanol–water partition coefficient (Wildman–Crippen LogP) is 2.51. The van der Waals surface area contributed by atoms with Crippen LogP contribution in [0.3, 0.4) is 0 Å². The van der Waals surface area contributed by atoms with Crippen LogP contribution in [0.5, 0.6) is 0 Å². The molecule has 1 aromatic heterocycles. The van der Waals surface area contributed by atoms with Crippen LogP contribution in [-0.2, 0) is 7.05 Å². The van der Waals surface area contributed by atoms with Crippen molar-refractivity contribution in [3.8, 4) is 0 Å². The molecule has 0 aliphatic rings. The molecule has 1 heterocycles. The molecule has 15 heavy (non-hydrogen) atoms. The molecule has 3 nitrogen and oxygen atoms in total. The summed E-state index contributed by atoms with van der Waals surface area (Å²) in [7, 11) is 1.97. The quantitative estimate of drug-likeness (QED) is 0.780. The minimum absolute atomic E-state index is 0.399. The van der Waals surface area contributed by atoms with E-state index in [9.17, 15) is 0 Å². The Morgan fingerprint density at radius 3 is 2.67 bits per heavy atom. The summed E-state index contributed by atoms with van der Waals surface area (Å²) < 4.78 is 1.87. The van der Waals surface area contributed by atoms with E-state index in [0.29, 0.717) is 12.0 Å². The van der Waals surface area contributed by atoms with Gasteiger partial charge in [-0.15, -0.1) is 0 Å². The predicted molar refractivity (Wildman–Crippen MR) is 63.7 cm³/mol. The van der Waals surface area contributed by atoms with E-state index >= 15 is 0 Å². The fourth-order valence-electron chi connectivity index (χ4n) is 1.73. The monoisotopic (exact) mass is 209 g/mol. The van der Waals surface area contributed by atoms with Gasteiger partial charge in [0.05, 0.1) is 11.7 Å². The molecule has 2 atom stereocenters. The van der Waals surface area contributed by atoms with Gasteiger partial charge < -0.3 is 5.32 Å². The van der Waals surface area contributed by atoms with Crippen molar-refractivity contribution in [2.75, 3.05) is 6.54 Å². The van der Waals surface area contributed by atoms with Crippen molar-refractivity contribution in [3.05, 3.63) is 18.0 Å². The van der Waals surface area contributed by atoms with Crippen molar-refractivity contribution in [1.29, 1.82) is 0 Å². The molecule has 0 aliphatic heterocycles. The van der Waals surface area contributed by atoms with E-state index in [4.69, 9.17) is 0 Å². The standard InChI is InChI=1S/C12H23N3/c1-5-8-13-12(10(3)6-2)11-7-9-15(4)14-11/h7,9-10,12-13H,5-6,8H2,1-4H3. The SMILES string of the molecule is CCCNC(c1ccn(C)n1)C(C)CC. The second-order valence-corrected chi connectivity index (χ2v) is 4.23. The third kappa shape index (κ3) is 3.34. The minimum Gasteiger partial charge on any atom is -0.308 e. The summed E-state index contributed by atoms with van der Waals surface area (Å²) in [5.74, 6) is 0.631. The third-order valence-corrected chi connectivity index (χ3v) is 2.88. The van der Waals surface area contributed by atoms with Gasteiger partial charge in [-0.25, -0.2) is 0 Å². The van der Waals surface area contributed by atoms with E-state index in [0.717, 1.165) is 6.54 Å². The van der Waals surface area contributed by atoms with E-state index in [1.807, 2.05) is 17.9 Å². The van der Waals surface area contributed by atoms with Crippen LogP contribution in [0.25, 0.3) is 0 Å². The second kappa shape index (κ2) is 5.91. The summed E-state index contributed by atoms with van der Waals surface area (Å²) in [5.41, 5.74) is 1.17. The van der Waals surface area contributed by atoms with Gasteiger partial charge in [0.1, 0.15) is 0 Å². The third-order valence-electron chi connectivity index (χ3n) is 2.88. The Labute approximate surface area is 92.9 Å². The molecule has 0 fully saturated rings. The molecule has 0 radical (unpaired) electrons. The van der Waals surface area contributed by atoms with Gasteiger partial charge in [0.2, 0.25) is 0 Å². The zero-order chi connectivity index (χ0) is 11.3. The maximum atomic E-state index is 4.49. The highest BCUT2D eigenvalue weighted by molar-refractivity contribution is 5.06. The van der Waals surface area contributed by atoms with Crippen molar-refractivity contribution in [2.45, 2.75) is 39.7 Å². The van der Waals surface area contributed by atoms with Crippen LogP contribution in [-0.4, -0.2) is 16.3 Å². The van der Waals surface area contributed by atoms with Gasteiger partial charge in [0.15, 0.2) is 0 Å². The average Bonchev–Trinajstić information content (AvgIpc) is 2.65. The second-order valence-electron chi connectivity index (χ2n) is 4.23. The maximum absolute atomic E-state index is 4.49. The summed E-state index contributed by atoms with van der Waals surface area (Å²) in [6.07, 6.45) is 4.36. The molecule has 2 unspecified atom stereocenters. The number of aryl methyl sites for hydroxylation is 1. The van der Waals surface area contributed by atoms with Crippen LogP contribution in [0.4, 0.5) is 0 Å². The summed E-state index contributed by atoms with van der Waals surface area (Å²) >= 11 is 0. The van der Waals surface area contributed by atoms with Crippen LogP contribution in [0.1, 0.15) is 45.3 Å². The van der Waals surface area contributed by atoms with Gasteiger partial charge in [0.25, 0.3) is 0 Å². The lowest BCUT2D eigenvalue weighted by Crippen LogP contribution is -2.28. The Bertz CT molecular complexity index is 280. The number of rotatable bonds is 6. The highest BCUT2D eigenvalue weighted by Crippen LogP contribution is 2.22. The summed E-state index contributed by atoms with van der Waals surface area (Å²) in [5, 5.41) is 8.06. The van der Waals surface area contributed by atoms with Crippen LogP contribution < -0.4 is 5.32 Å². The highest BCUT2D eigenvalue weighted by atomic mass is 15.3. The summed E-state index contributed by atoms with van der Waals surface area (Å²) in [4.78, 5) is 0. The number of nitrogens with zero attached hydrogens (tertiary/aromatic N) is 2. The summed E-state index contributed by atoms with van der Waals surface area (Å²) in [6.45, 7) is 7.76. The molecule has 0 saturated carbocycles. The van der Waals surface area contributed by atoms with E-state index in [1.165, 1.54) is 18.5 Å². The van der Waals surface area contributed by atoms with Crippen LogP contribution in [0, 0.1) is 5.92 Å². The zero-order valence-electron chi connectivity index (χ0n) is 10.3. The van der Waals surface area contributed by atoms with E-state index in [2.05, 4.69) is 37.3 Å². The van der Waals surface area contributed by atoms with Crippen molar-refractivity contribution in [2.24, 2.45) is 13.0 Å². The number of hydrogen-bond donors (Lipinski definition) is 1.